The quantitative estimate of drug-likeness (QED) is 0.550. The van der Waals surface area contributed by atoms with Gasteiger partial charge in [0, 0.05) is 13.1 Å². The summed E-state index contributed by atoms with van der Waals surface area (Å²) in [5, 5.41) is 0. The van der Waals surface area contributed by atoms with Crippen molar-refractivity contribution in [3.63, 3.8) is 0 Å². The molecule has 182 valence electrons. The Kier molecular flexibility index (Phi) is 7.74. The first-order valence-electron chi connectivity index (χ1n) is 10.5. The summed E-state index contributed by atoms with van der Waals surface area (Å²) < 4.78 is 76.6. The van der Waals surface area contributed by atoms with Crippen LogP contribution >= 0.6 is 0 Å². The molecule has 0 spiro atoms. The second-order valence-corrected chi connectivity index (χ2v) is 11.6. The fourth-order valence-corrected chi connectivity index (χ4v) is 4.99. The third kappa shape index (κ3) is 6.68. The van der Waals surface area contributed by atoms with E-state index in [9.17, 15) is 26.4 Å². The number of carbonyl (C=O) groups excluding carboxylic acids is 1. The van der Waals surface area contributed by atoms with Gasteiger partial charge in [-0.05, 0) is 84.6 Å². The second kappa shape index (κ2) is 9.30. The van der Waals surface area contributed by atoms with E-state index in [0.717, 1.165) is 24.3 Å². The monoisotopic (exact) mass is 479 g/mol. The van der Waals surface area contributed by atoms with Crippen molar-refractivity contribution < 1.29 is 35.9 Å². The molecule has 0 atom stereocenters. The van der Waals surface area contributed by atoms with Crippen molar-refractivity contribution in [2.24, 2.45) is 0 Å². The van der Waals surface area contributed by atoms with Crippen LogP contribution in [0.5, 0.6) is 0 Å². The highest BCUT2D eigenvalue weighted by Gasteiger charge is 2.39. The SMILES string of the molecule is CN(C1CCC(OC(C)(C)C(=O)OC(C)(C)C)CC1)S(=O)(=O)c1ccc(C(F)(F)F)cc1. The van der Waals surface area contributed by atoms with Gasteiger partial charge < -0.3 is 9.47 Å². The number of carbonyl (C=O) groups is 1. The van der Waals surface area contributed by atoms with E-state index < -0.39 is 38.9 Å². The Balaban J connectivity index is 1.99. The van der Waals surface area contributed by atoms with Gasteiger partial charge >= 0.3 is 12.1 Å². The summed E-state index contributed by atoms with van der Waals surface area (Å²) in [6.45, 7) is 8.63. The molecule has 0 aromatic heterocycles. The molecule has 2 rings (SSSR count). The molecule has 0 amide bonds. The standard InChI is InChI=1S/C22H32F3NO5S/c1-20(2,3)31-19(27)21(4,5)30-17-11-9-16(10-12-17)26(6)32(28,29)18-13-7-15(8-14-18)22(23,24)25/h7-8,13-14,16-17H,9-12H2,1-6H3. The highest BCUT2D eigenvalue weighted by Crippen LogP contribution is 2.33. The number of hydrogen-bond donors (Lipinski definition) is 0. The average Bonchev–Trinajstić information content (AvgIpc) is 2.66. The van der Waals surface area contributed by atoms with Gasteiger partial charge in [0.1, 0.15) is 5.60 Å². The molecule has 0 bridgehead atoms. The van der Waals surface area contributed by atoms with E-state index in [1.807, 2.05) is 0 Å². The van der Waals surface area contributed by atoms with Gasteiger partial charge in [-0.25, -0.2) is 13.2 Å². The minimum absolute atomic E-state index is 0.183. The predicted molar refractivity (Wildman–Crippen MR) is 113 cm³/mol. The summed E-state index contributed by atoms with van der Waals surface area (Å²) in [5.41, 5.74) is -2.67. The molecular weight excluding hydrogens is 447 g/mol. The summed E-state index contributed by atoms with van der Waals surface area (Å²) in [7, 11) is -2.50. The molecule has 6 nitrogen and oxygen atoms in total. The van der Waals surface area contributed by atoms with Gasteiger partial charge in [0.2, 0.25) is 10.0 Å². The maximum Gasteiger partial charge on any atom is 0.416 e. The molecule has 32 heavy (non-hydrogen) atoms. The van der Waals surface area contributed by atoms with Crippen LogP contribution < -0.4 is 0 Å². The lowest BCUT2D eigenvalue weighted by atomic mass is 9.92. The average molecular weight is 480 g/mol. The van der Waals surface area contributed by atoms with Crippen molar-refractivity contribution >= 4 is 16.0 Å². The minimum Gasteiger partial charge on any atom is -0.458 e. The summed E-state index contributed by atoms with van der Waals surface area (Å²) in [6, 6.07) is 3.18. The van der Waals surface area contributed by atoms with Gasteiger partial charge in [-0.2, -0.15) is 17.5 Å². The predicted octanol–water partition coefficient (Wildman–Crippen LogP) is 4.77. The number of rotatable bonds is 6. The Morgan fingerprint density at radius 3 is 1.91 bits per heavy atom. The zero-order valence-corrected chi connectivity index (χ0v) is 20.1. The Bertz CT molecular complexity index is 897. The Labute approximate surface area is 188 Å². The Hall–Kier alpha value is -1.65. The first kappa shape index (κ1) is 26.6. The van der Waals surface area contributed by atoms with Gasteiger partial charge in [-0.1, -0.05) is 0 Å². The number of hydrogen-bond acceptors (Lipinski definition) is 5. The molecule has 1 aliphatic rings. The summed E-state index contributed by atoms with van der Waals surface area (Å²) in [5.74, 6) is -0.464. The normalized spacial score (nSPS) is 20.9. The largest absolute Gasteiger partial charge is 0.458 e. The molecule has 1 aromatic carbocycles. The fourth-order valence-electron chi connectivity index (χ4n) is 3.57. The van der Waals surface area contributed by atoms with Crippen LogP contribution in [-0.4, -0.2) is 49.1 Å². The zero-order chi connectivity index (χ0) is 24.5. The lowest BCUT2D eigenvalue weighted by Crippen LogP contribution is -2.46. The second-order valence-electron chi connectivity index (χ2n) is 9.60. The van der Waals surface area contributed by atoms with Crippen molar-refractivity contribution in [2.75, 3.05) is 7.05 Å². The lowest BCUT2D eigenvalue weighted by molar-refractivity contribution is -0.187. The fraction of sp³-hybridized carbons (Fsp3) is 0.682. The number of sulfonamides is 1. The number of benzene rings is 1. The minimum atomic E-state index is -4.53. The maximum atomic E-state index is 12.9. The number of ether oxygens (including phenoxy) is 2. The molecule has 1 aromatic rings. The highest BCUT2D eigenvalue weighted by molar-refractivity contribution is 7.89. The molecule has 0 heterocycles. The van der Waals surface area contributed by atoms with Crippen molar-refractivity contribution in [3.8, 4) is 0 Å². The van der Waals surface area contributed by atoms with Crippen LogP contribution in [0.3, 0.4) is 0 Å². The van der Waals surface area contributed by atoms with E-state index in [1.165, 1.54) is 11.4 Å². The van der Waals surface area contributed by atoms with Gasteiger partial charge in [0.15, 0.2) is 5.60 Å². The molecule has 0 radical (unpaired) electrons. The van der Waals surface area contributed by atoms with Crippen LogP contribution in [-0.2, 0) is 30.5 Å². The zero-order valence-electron chi connectivity index (χ0n) is 19.3. The third-order valence-electron chi connectivity index (χ3n) is 5.37. The molecule has 0 saturated heterocycles. The number of esters is 1. The summed E-state index contributed by atoms with van der Waals surface area (Å²) >= 11 is 0. The summed E-state index contributed by atoms with van der Waals surface area (Å²) in [6.07, 6.45) is -2.65. The van der Waals surface area contributed by atoms with Gasteiger partial charge in [-0.15, -0.1) is 0 Å². The van der Waals surface area contributed by atoms with Crippen molar-refractivity contribution in [1.82, 2.24) is 4.31 Å². The van der Waals surface area contributed by atoms with E-state index in [-0.39, 0.29) is 17.0 Å². The van der Waals surface area contributed by atoms with Crippen LogP contribution in [0.25, 0.3) is 0 Å². The van der Waals surface area contributed by atoms with Crippen LogP contribution in [0, 0.1) is 0 Å². The third-order valence-corrected chi connectivity index (χ3v) is 7.29. The number of alkyl halides is 3. The van der Waals surface area contributed by atoms with Gasteiger partial charge in [0.05, 0.1) is 16.6 Å². The van der Waals surface area contributed by atoms with E-state index >= 15 is 0 Å². The van der Waals surface area contributed by atoms with Crippen molar-refractivity contribution in [2.45, 2.75) is 94.7 Å². The molecule has 0 aliphatic heterocycles. The molecule has 1 saturated carbocycles. The molecule has 10 heteroatoms. The van der Waals surface area contributed by atoms with Crippen LogP contribution in [0.1, 0.15) is 65.9 Å². The van der Waals surface area contributed by atoms with Crippen molar-refractivity contribution in [3.05, 3.63) is 29.8 Å². The van der Waals surface area contributed by atoms with Crippen molar-refractivity contribution in [1.29, 1.82) is 0 Å². The topological polar surface area (TPSA) is 72.9 Å². The van der Waals surface area contributed by atoms with E-state index in [1.54, 1.807) is 34.6 Å². The lowest BCUT2D eigenvalue weighted by Gasteiger charge is -2.37. The van der Waals surface area contributed by atoms with E-state index in [0.29, 0.717) is 25.7 Å². The summed E-state index contributed by atoms with van der Waals surface area (Å²) in [4.78, 5) is 12.2. The molecule has 0 N–H and O–H groups in total. The van der Waals surface area contributed by atoms with E-state index in [2.05, 4.69) is 0 Å². The first-order chi connectivity index (χ1) is 14.4. The Morgan fingerprint density at radius 2 is 1.47 bits per heavy atom. The maximum absolute atomic E-state index is 12.9. The molecular formula is C22H32F3NO5S. The van der Waals surface area contributed by atoms with E-state index in [4.69, 9.17) is 9.47 Å². The number of nitrogens with zero attached hydrogens (tertiary/aromatic N) is 1. The Morgan fingerprint density at radius 1 is 0.969 bits per heavy atom. The molecule has 1 fully saturated rings. The van der Waals surface area contributed by atoms with Crippen LogP contribution in [0.2, 0.25) is 0 Å². The molecule has 0 unspecified atom stereocenters. The smallest absolute Gasteiger partial charge is 0.416 e. The molecule has 1 aliphatic carbocycles. The number of halogens is 3. The van der Waals surface area contributed by atoms with Gasteiger partial charge in [0.25, 0.3) is 0 Å². The first-order valence-corrected chi connectivity index (χ1v) is 11.9. The van der Waals surface area contributed by atoms with Gasteiger partial charge in [-0.3, -0.25) is 0 Å². The highest BCUT2D eigenvalue weighted by atomic mass is 32.2. The van der Waals surface area contributed by atoms with Crippen LogP contribution in [0.4, 0.5) is 13.2 Å². The van der Waals surface area contributed by atoms with Crippen LogP contribution in [0.15, 0.2) is 29.2 Å².